The number of hydrogen-bond donors (Lipinski definition) is 2. The number of halogens is 1. The Kier molecular flexibility index (Phi) is 7.29. The monoisotopic (exact) mass is 592 g/mol. The van der Waals surface area contributed by atoms with Crippen LogP contribution in [-0.4, -0.2) is 37.3 Å². The highest BCUT2D eigenvalue weighted by atomic mass is 79.9. The lowest BCUT2D eigenvalue weighted by Gasteiger charge is -2.21. The first-order valence-corrected chi connectivity index (χ1v) is 14.2. The van der Waals surface area contributed by atoms with Crippen LogP contribution in [0.15, 0.2) is 82.2 Å². The van der Waals surface area contributed by atoms with Gasteiger partial charge in [-0.3, -0.25) is 4.79 Å². The van der Waals surface area contributed by atoms with Crippen molar-refractivity contribution >= 4 is 37.7 Å². The van der Waals surface area contributed by atoms with Crippen LogP contribution in [0.4, 0.5) is 5.95 Å². The average Bonchev–Trinajstić information content (AvgIpc) is 2.88. The van der Waals surface area contributed by atoms with Crippen molar-refractivity contribution in [2.45, 2.75) is 24.8 Å². The van der Waals surface area contributed by atoms with E-state index in [1.807, 2.05) is 56.3 Å². The molecule has 1 atom stereocenters. The highest BCUT2D eigenvalue weighted by molar-refractivity contribution is 9.10. The number of nitrogens with zero attached hydrogens (tertiary/aromatic N) is 2. The number of sulfonamides is 1. The molecule has 194 valence electrons. The third-order valence-electron chi connectivity index (χ3n) is 6.25. The lowest BCUT2D eigenvalue weighted by molar-refractivity contribution is 0.0985. The fraction of sp³-hybridized carbons (Fsp3) is 0.179. The maximum atomic E-state index is 13.3. The summed E-state index contributed by atoms with van der Waals surface area (Å²) in [4.78, 5) is 21.7. The van der Waals surface area contributed by atoms with Gasteiger partial charge >= 0.3 is 0 Å². The maximum Gasteiger partial charge on any atom is 0.264 e. The van der Waals surface area contributed by atoms with Crippen LogP contribution in [0.25, 0.3) is 11.3 Å². The van der Waals surface area contributed by atoms with Crippen LogP contribution < -0.4 is 14.8 Å². The summed E-state index contributed by atoms with van der Waals surface area (Å²) in [5.41, 5.74) is 4.50. The second kappa shape index (κ2) is 10.6. The Morgan fingerprint density at radius 3 is 2.39 bits per heavy atom. The molecule has 1 aliphatic heterocycles. The van der Waals surface area contributed by atoms with Crippen molar-refractivity contribution in [3.05, 3.63) is 99.5 Å². The lowest BCUT2D eigenvalue weighted by atomic mass is 10.00. The minimum absolute atomic E-state index is 0.00992. The summed E-state index contributed by atoms with van der Waals surface area (Å²) < 4.78 is 36.3. The van der Waals surface area contributed by atoms with Crippen molar-refractivity contribution in [1.82, 2.24) is 15.3 Å². The van der Waals surface area contributed by atoms with Gasteiger partial charge in [0.15, 0.2) is 5.78 Å². The van der Waals surface area contributed by atoms with Gasteiger partial charge in [0.1, 0.15) is 6.10 Å². The summed E-state index contributed by atoms with van der Waals surface area (Å²) in [7, 11) is -4.09. The predicted molar refractivity (Wildman–Crippen MR) is 149 cm³/mol. The molecule has 0 amide bonds. The third kappa shape index (κ3) is 5.62. The zero-order valence-electron chi connectivity index (χ0n) is 20.7. The van der Waals surface area contributed by atoms with Gasteiger partial charge in [0.25, 0.3) is 10.0 Å². The molecule has 4 bridgehead atoms. The minimum atomic E-state index is -4.09. The van der Waals surface area contributed by atoms with E-state index < -0.39 is 16.1 Å². The molecular formula is C28H25BrN4O4S. The number of ether oxygens (including phenoxy) is 1. The molecular weight excluding hydrogens is 568 g/mol. The predicted octanol–water partition coefficient (Wildman–Crippen LogP) is 5.23. The van der Waals surface area contributed by atoms with E-state index in [9.17, 15) is 13.2 Å². The van der Waals surface area contributed by atoms with Crippen LogP contribution in [0, 0.1) is 13.8 Å². The van der Waals surface area contributed by atoms with E-state index >= 15 is 0 Å². The SMILES string of the molecule is Cc1cccc(C)c1-c1cc2nc(n1)NS(=O)(=O)c1cccc(c1)C(=O)CNCC(c1ccc(Br)cc1)O2. The number of rotatable bonds is 2. The average molecular weight is 594 g/mol. The first kappa shape index (κ1) is 26.0. The minimum Gasteiger partial charge on any atom is -0.468 e. The van der Waals surface area contributed by atoms with Gasteiger partial charge in [0.2, 0.25) is 11.8 Å². The Bertz CT molecular complexity index is 1600. The molecule has 5 rings (SSSR count). The third-order valence-corrected chi connectivity index (χ3v) is 8.11. The van der Waals surface area contributed by atoms with Gasteiger partial charge < -0.3 is 10.1 Å². The molecule has 2 heterocycles. The quantitative estimate of drug-likeness (QED) is 0.328. The van der Waals surface area contributed by atoms with Crippen LogP contribution >= 0.6 is 15.9 Å². The zero-order valence-corrected chi connectivity index (χ0v) is 23.1. The molecule has 0 fully saturated rings. The van der Waals surface area contributed by atoms with Gasteiger partial charge in [-0.05, 0) is 54.8 Å². The van der Waals surface area contributed by atoms with Crippen molar-refractivity contribution in [2.24, 2.45) is 0 Å². The van der Waals surface area contributed by atoms with Gasteiger partial charge in [0.05, 0.1) is 17.1 Å². The molecule has 0 saturated heterocycles. The fourth-order valence-electron chi connectivity index (χ4n) is 4.36. The standard InChI is InChI=1S/C28H25BrN4O4S/c1-17-5-3-6-18(2)27(17)23-14-26-32-28(31-23)33-38(35,36)22-8-4-7-20(13-22)24(34)15-30-16-25(37-26)19-9-11-21(29)12-10-19/h3-14,25,30H,15-16H2,1-2H3,(H,31,32,33). The van der Waals surface area contributed by atoms with Gasteiger partial charge in [-0.25, -0.2) is 18.1 Å². The highest BCUT2D eigenvalue weighted by Gasteiger charge is 2.23. The number of benzene rings is 3. The number of aryl methyl sites for hydroxylation is 2. The summed E-state index contributed by atoms with van der Waals surface area (Å²) in [6, 6.07) is 21.2. The van der Waals surface area contributed by atoms with Crippen LogP contribution in [-0.2, 0) is 10.0 Å². The molecule has 2 N–H and O–H groups in total. The summed E-state index contributed by atoms with van der Waals surface area (Å²) >= 11 is 3.46. The molecule has 3 aromatic carbocycles. The number of nitrogens with one attached hydrogen (secondary N) is 2. The molecule has 4 aromatic rings. The van der Waals surface area contributed by atoms with E-state index in [4.69, 9.17) is 4.74 Å². The Balaban J connectivity index is 1.66. The van der Waals surface area contributed by atoms with E-state index in [0.717, 1.165) is 26.7 Å². The van der Waals surface area contributed by atoms with Gasteiger partial charge in [-0.2, -0.15) is 4.98 Å². The number of anilines is 1. The number of carbonyl (C=O) groups excluding carboxylic acids is 1. The second-order valence-electron chi connectivity index (χ2n) is 9.03. The molecule has 8 nitrogen and oxygen atoms in total. The van der Waals surface area contributed by atoms with Crippen molar-refractivity contribution in [3.63, 3.8) is 0 Å². The molecule has 0 saturated carbocycles. The Morgan fingerprint density at radius 1 is 0.947 bits per heavy atom. The normalized spacial score (nSPS) is 17.1. The highest BCUT2D eigenvalue weighted by Crippen LogP contribution is 2.31. The lowest BCUT2D eigenvalue weighted by Crippen LogP contribution is -2.30. The van der Waals surface area contributed by atoms with Crippen LogP contribution in [0.1, 0.15) is 33.2 Å². The smallest absolute Gasteiger partial charge is 0.264 e. The van der Waals surface area contributed by atoms with Gasteiger partial charge in [-0.1, -0.05) is 58.4 Å². The van der Waals surface area contributed by atoms with E-state index in [0.29, 0.717) is 12.2 Å². The number of aromatic nitrogens is 2. The number of carbonyl (C=O) groups is 1. The molecule has 1 aliphatic rings. The van der Waals surface area contributed by atoms with Crippen LogP contribution in [0.5, 0.6) is 5.88 Å². The molecule has 0 aliphatic carbocycles. The molecule has 1 unspecified atom stereocenters. The summed E-state index contributed by atoms with van der Waals surface area (Å²) in [6.07, 6.45) is -0.518. The number of Topliss-reactive ketones (excluding diaryl/α,β-unsaturated/α-hetero) is 1. The number of ketones is 1. The summed E-state index contributed by atoms with van der Waals surface area (Å²) in [5.74, 6) is -0.167. The van der Waals surface area contributed by atoms with Crippen molar-refractivity contribution < 1.29 is 17.9 Å². The van der Waals surface area contributed by atoms with E-state index in [2.05, 4.69) is 35.9 Å². The van der Waals surface area contributed by atoms with Crippen molar-refractivity contribution in [1.29, 1.82) is 0 Å². The number of hydrogen-bond acceptors (Lipinski definition) is 7. The molecule has 38 heavy (non-hydrogen) atoms. The van der Waals surface area contributed by atoms with Crippen LogP contribution in [0.2, 0.25) is 0 Å². The zero-order chi connectivity index (χ0) is 26.9. The van der Waals surface area contributed by atoms with Crippen molar-refractivity contribution in [2.75, 3.05) is 17.8 Å². The molecule has 1 aromatic heterocycles. The largest absolute Gasteiger partial charge is 0.468 e. The van der Waals surface area contributed by atoms with E-state index in [1.165, 1.54) is 12.1 Å². The molecule has 10 heteroatoms. The first-order chi connectivity index (χ1) is 18.2. The Labute approximate surface area is 229 Å². The fourth-order valence-corrected chi connectivity index (χ4v) is 5.62. The van der Waals surface area contributed by atoms with Gasteiger partial charge in [0, 0.05) is 28.2 Å². The maximum absolute atomic E-state index is 13.3. The second-order valence-corrected chi connectivity index (χ2v) is 11.6. The van der Waals surface area contributed by atoms with Crippen LogP contribution in [0.3, 0.4) is 0 Å². The Hall–Kier alpha value is -3.60. The molecule has 0 radical (unpaired) electrons. The van der Waals surface area contributed by atoms with Gasteiger partial charge in [-0.15, -0.1) is 0 Å². The Morgan fingerprint density at radius 2 is 1.66 bits per heavy atom. The van der Waals surface area contributed by atoms with E-state index in [1.54, 1.807) is 18.2 Å². The topological polar surface area (TPSA) is 110 Å². The first-order valence-electron chi connectivity index (χ1n) is 11.9. The number of fused-ring (bicyclic) bond motifs is 4. The van der Waals surface area contributed by atoms with E-state index in [-0.39, 0.29) is 34.6 Å². The summed E-state index contributed by atoms with van der Waals surface area (Å²) in [6.45, 7) is 4.27. The summed E-state index contributed by atoms with van der Waals surface area (Å²) in [5, 5.41) is 3.16. The van der Waals surface area contributed by atoms with Crippen molar-refractivity contribution in [3.8, 4) is 17.1 Å². The molecule has 0 spiro atoms.